The van der Waals surface area contributed by atoms with Crippen molar-refractivity contribution in [3.8, 4) is 11.4 Å². The molecular weight excluding hydrogens is 232 g/mol. The Kier molecular flexibility index (Phi) is 2.82. The minimum Gasteiger partial charge on any atom is -0.548 e. The molecule has 0 amide bonds. The second-order valence-electron chi connectivity index (χ2n) is 3.02. The zero-order valence-electron chi connectivity index (χ0n) is 8.00. The van der Waals surface area contributed by atoms with Gasteiger partial charge < -0.3 is 9.90 Å². The van der Waals surface area contributed by atoms with Crippen molar-refractivity contribution in [3.05, 3.63) is 29.3 Å². The lowest BCUT2D eigenvalue weighted by Crippen LogP contribution is -2.28. The summed E-state index contributed by atoms with van der Waals surface area (Å²) in [5, 5.41) is 22.1. The van der Waals surface area contributed by atoms with Crippen LogP contribution >= 0.6 is 11.6 Å². The Labute approximate surface area is 95.5 Å². The number of benzene rings is 1. The van der Waals surface area contributed by atoms with Crippen LogP contribution in [0.25, 0.3) is 11.4 Å². The highest BCUT2D eigenvalue weighted by atomic mass is 35.5. The predicted molar refractivity (Wildman–Crippen MR) is 53.3 cm³/mol. The fourth-order valence-corrected chi connectivity index (χ4v) is 1.27. The molecule has 0 atom stereocenters. The molecule has 0 saturated carbocycles. The molecule has 1 heterocycles. The van der Waals surface area contributed by atoms with Crippen LogP contribution in [0.2, 0.25) is 5.02 Å². The van der Waals surface area contributed by atoms with Gasteiger partial charge in [0, 0.05) is 10.6 Å². The first-order valence-electron chi connectivity index (χ1n) is 4.39. The number of nitrogens with zero attached hydrogens (tertiary/aromatic N) is 4. The Hall–Kier alpha value is -1.95. The van der Waals surface area contributed by atoms with E-state index in [9.17, 15) is 9.90 Å². The fourth-order valence-electron chi connectivity index (χ4n) is 1.14. The first-order chi connectivity index (χ1) is 7.65. The molecule has 0 bridgehead atoms. The minimum absolute atomic E-state index is 0.345. The summed E-state index contributed by atoms with van der Waals surface area (Å²) >= 11 is 5.73. The lowest BCUT2D eigenvalue weighted by atomic mass is 10.2. The topological polar surface area (TPSA) is 83.7 Å². The van der Waals surface area contributed by atoms with E-state index in [0.29, 0.717) is 16.4 Å². The maximum atomic E-state index is 10.3. The molecule has 1 aromatic carbocycles. The van der Waals surface area contributed by atoms with Gasteiger partial charge in [0.25, 0.3) is 0 Å². The van der Waals surface area contributed by atoms with Crippen molar-refractivity contribution in [1.82, 2.24) is 20.2 Å². The highest BCUT2D eigenvalue weighted by Crippen LogP contribution is 2.16. The molecule has 2 aromatic rings. The van der Waals surface area contributed by atoms with E-state index >= 15 is 0 Å². The zero-order chi connectivity index (χ0) is 11.5. The standard InChI is InChI=1S/C9H7ClN4O2/c10-7-3-1-6(2-4-7)9-11-13-14(12-9)5-8(15)16/h1-4H,5H2,(H,15,16)/p-1. The average Bonchev–Trinajstić information content (AvgIpc) is 2.66. The van der Waals surface area contributed by atoms with Gasteiger partial charge in [0.2, 0.25) is 5.82 Å². The number of aromatic nitrogens is 4. The minimum atomic E-state index is -1.26. The van der Waals surface area contributed by atoms with E-state index in [2.05, 4.69) is 15.4 Å². The van der Waals surface area contributed by atoms with Gasteiger partial charge in [-0.2, -0.15) is 4.80 Å². The highest BCUT2D eigenvalue weighted by molar-refractivity contribution is 6.30. The van der Waals surface area contributed by atoms with Crippen molar-refractivity contribution >= 4 is 17.6 Å². The Bertz CT molecular complexity index is 508. The Morgan fingerprint density at radius 3 is 2.69 bits per heavy atom. The number of carboxylic acids is 1. The molecular formula is C9H6ClN4O2-. The Balaban J connectivity index is 2.24. The smallest absolute Gasteiger partial charge is 0.204 e. The molecule has 0 fully saturated rings. The van der Waals surface area contributed by atoms with Gasteiger partial charge in [-0.3, -0.25) is 0 Å². The van der Waals surface area contributed by atoms with Crippen LogP contribution in [-0.2, 0) is 11.3 Å². The molecule has 2 rings (SSSR count). The zero-order valence-corrected chi connectivity index (χ0v) is 8.76. The second-order valence-corrected chi connectivity index (χ2v) is 3.46. The number of carbonyl (C=O) groups excluding carboxylic acids is 1. The van der Waals surface area contributed by atoms with Crippen molar-refractivity contribution in [2.45, 2.75) is 6.54 Å². The lowest BCUT2D eigenvalue weighted by molar-refractivity contribution is -0.307. The molecule has 0 N–H and O–H groups in total. The number of carboxylic acid groups (broad SMARTS) is 1. The van der Waals surface area contributed by atoms with Crippen LogP contribution in [-0.4, -0.2) is 26.2 Å². The van der Waals surface area contributed by atoms with Crippen LogP contribution in [0.5, 0.6) is 0 Å². The van der Waals surface area contributed by atoms with Crippen LogP contribution in [0, 0.1) is 0 Å². The van der Waals surface area contributed by atoms with Gasteiger partial charge in [-0.15, -0.1) is 10.2 Å². The summed E-state index contributed by atoms with van der Waals surface area (Å²) in [7, 11) is 0. The summed E-state index contributed by atoms with van der Waals surface area (Å²) in [5.74, 6) is -0.919. The van der Waals surface area contributed by atoms with E-state index in [1.54, 1.807) is 24.3 Å². The molecule has 82 valence electrons. The maximum Gasteiger partial charge on any atom is 0.204 e. The molecule has 1 aromatic heterocycles. The molecule has 0 unspecified atom stereocenters. The van der Waals surface area contributed by atoms with Crippen LogP contribution in [0.15, 0.2) is 24.3 Å². The van der Waals surface area contributed by atoms with Crippen LogP contribution in [0.1, 0.15) is 0 Å². The number of rotatable bonds is 3. The first-order valence-corrected chi connectivity index (χ1v) is 4.76. The lowest BCUT2D eigenvalue weighted by Gasteiger charge is -1.97. The van der Waals surface area contributed by atoms with E-state index in [-0.39, 0.29) is 0 Å². The van der Waals surface area contributed by atoms with E-state index in [1.165, 1.54) is 0 Å². The largest absolute Gasteiger partial charge is 0.548 e. The van der Waals surface area contributed by atoms with E-state index < -0.39 is 12.5 Å². The first kappa shape index (κ1) is 10.6. The molecule has 7 heteroatoms. The summed E-state index contributed by atoms with van der Waals surface area (Å²) in [5.41, 5.74) is 0.717. The van der Waals surface area contributed by atoms with Crippen LogP contribution < -0.4 is 5.11 Å². The van der Waals surface area contributed by atoms with Gasteiger partial charge in [-0.25, -0.2) is 0 Å². The van der Waals surface area contributed by atoms with Gasteiger partial charge in [-0.05, 0) is 29.5 Å². The maximum absolute atomic E-state index is 10.3. The molecule has 6 nitrogen and oxygen atoms in total. The second kappa shape index (κ2) is 4.28. The molecule has 0 aliphatic carbocycles. The monoisotopic (exact) mass is 237 g/mol. The number of halogens is 1. The SMILES string of the molecule is O=C([O-])Cn1nnc(-c2ccc(Cl)cc2)n1. The van der Waals surface area contributed by atoms with Gasteiger partial charge in [0.05, 0.1) is 5.97 Å². The third-order valence-electron chi connectivity index (χ3n) is 1.83. The molecule has 16 heavy (non-hydrogen) atoms. The third-order valence-corrected chi connectivity index (χ3v) is 2.08. The van der Waals surface area contributed by atoms with Gasteiger partial charge >= 0.3 is 0 Å². The number of tetrazole rings is 1. The molecule has 0 aliphatic heterocycles. The Morgan fingerprint density at radius 1 is 1.38 bits per heavy atom. The van der Waals surface area contributed by atoms with Crippen molar-refractivity contribution in [2.24, 2.45) is 0 Å². The number of hydrogen-bond acceptors (Lipinski definition) is 5. The predicted octanol–water partition coefficient (Wildman–Crippen LogP) is -0.257. The van der Waals surface area contributed by atoms with Crippen LogP contribution in [0.4, 0.5) is 0 Å². The quantitative estimate of drug-likeness (QED) is 0.735. The van der Waals surface area contributed by atoms with E-state index in [1.807, 2.05) is 0 Å². The summed E-state index contributed by atoms with van der Waals surface area (Å²) in [4.78, 5) is 11.3. The summed E-state index contributed by atoms with van der Waals surface area (Å²) in [6.07, 6.45) is 0. The van der Waals surface area contributed by atoms with E-state index in [4.69, 9.17) is 11.6 Å². The average molecular weight is 238 g/mol. The summed E-state index contributed by atoms with van der Waals surface area (Å²) in [6.45, 7) is -0.416. The van der Waals surface area contributed by atoms with Crippen molar-refractivity contribution in [3.63, 3.8) is 0 Å². The van der Waals surface area contributed by atoms with Gasteiger partial charge in [0.1, 0.15) is 6.54 Å². The van der Waals surface area contributed by atoms with Gasteiger partial charge in [0.15, 0.2) is 0 Å². The molecule has 0 aliphatic rings. The van der Waals surface area contributed by atoms with Crippen molar-refractivity contribution in [1.29, 1.82) is 0 Å². The van der Waals surface area contributed by atoms with Crippen molar-refractivity contribution < 1.29 is 9.90 Å². The van der Waals surface area contributed by atoms with Crippen molar-refractivity contribution in [2.75, 3.05) is 0 Å². The molecule has 0 saturated heterocycles. The summed E-state index contributed by atoms with van der Waals surface area (Å²) < 4.78 is 0. The van der Waals surface area contributed by atoms with E-state index in [0.717, 1.165) is 4.80 Å². The molecule has 0 spiro atoms. The Morgan fingerprint density at radius 2 is 2.06 bits per heavy atom. The normalized spacial score (nSPS) is 10.3. The fraction of sp³-hybridized carbons (Fsp3) is 0.111. The summed E-state index contributed by atoms with van der Waals surface area (Å²) in [6, 6.07) is 6.83. The highest BCUT2D eigenvalue weighted by Gasteiger charge is 2.05. The third kappa shape index (κ3) is 2.34. The molecule has 0 radical (unpaired) electrons. The van der Waals surface area contributed by atoms with Crippen LogP contribution in [0.3, 0.4) is 0 Å². The number of hydrogen-bond donors (Lipinski definition) is 0. The number of carbonyl (C=O) groups is 1. The number of aliphatic carboxylic acids is 1. The van der Waals surface area contributed by atoms with Gasteiger partial charge in [-0.1, -0.05) is 11.6 Å².